The molecule has 0 atom stereocenters. The van der Waals surface area contributed by atoms with Crippen LogP contribution >= 0.6 is 12.4 Å². The summed E-state index contributed by atoms with van der Waals surface area (Å²) in [6, 6.07) is 11.6. The van der Waals surface area contributed by atoms with Crippen molar-refractivity contribution >= 4 is 40.7 Å². The van der Waals surface area contributed by atoms with E-state index in [1.54, 1.807) is 11.1 Å². The van der Waals surface area contributed by atoms with Crippen LogP contribution < -0.4 is 10.1 Å². The minimum absolute atomic E-state index is 0. The number of pyridine rings is 2. The van der Waals surface area contributed by atoms with E-state index in [4.69, 9.17) is 4.74 Å². The first kappa shape index (κ1) is 22.4. The summed E-state index contributed by atoms with van der Waals surface area (Å²) in [6.45, 7) is 9.63. The first-order chi connectivity index (χ1) is 13.6. The van der Waals surface area contributed by atoms with Crippen molar-refractivity contribution in [2.45, 2.75) is 27.7 Å². The number of hydrogen-bond acceptors (Lipinski definition) is 5. The van der Waals surface area contributed by atoms with Crippen LogP contribution in [0.3, 0.4) is 0 Å². The SMILES string of the molecule is CCOc1ccccc1Nc1c(C(=O)N(CC)CC)cnc2nc(C)ccc12.Cl. The highest BCUT2D eigenvalue weighted by Gasteiger charge is 2.21. The van der Waals surface area contributed by atoms with Crippen LogP contribution in [-0.2, 0) is 0 Å². The van der Waals surface area contributed by atoms with Crippen LogP contribution in [0.15, 0.2) is 42.6 Å². The van der Waals surface area contributed by atoms with Gasteiger partial charge in [-0.1, -0.05) is 12.1 Å². The van der Waals surface area contributed by atoms with Gasteiger partial charge in [0.15, 0.2) is 5.65 Å². The second-order valence-corrected chi connectivity index (χ2v) is 6.40. The quantitative estimate of drug-likeness (QED) is 0.590. The lowest BCUT2D eigenvalue weighted by molar-refractivity contribution is 0.0773. The summed E-state index contributed by atoms with van der Waals surface area (Å²) < 4.78 is 5.74. The summed E-state index contributed by atoms with van der Waals surface area (Å²) in [5.41, 5.74) is 3.50. The summed E-state index contributed by atoms with van der Waals surface area (Å²) in [4.78, 5) is 23.9. The lowest BCUT2D eigenvalue weighted by Gasteiger charge is -2.22. The molecule has 0 bridgehead atoms. The van der Waals surface area contributed by atoms with Crippen molar-refractivity contribution in [1.29, 1.82) is 0 Å². The Kier molecular flexibility index (Phi) is 7.79. The minimum atomic E-state index is -0.0589. The van der Waals surface area contributed by atoms with Crippen molar-refractivity contribution in [3.8, 4) is 5.75 Å². The molecule has 7 heteroatoms. The van der Waals surface area contributed by atoms with E-state index in [1.807, 2.05) is 64.1 Å². The number of carbonyl (C=O) groups excluding carboxylic acids is 1. The topological polar surface area (TPSA) is 67.3 Å². The van der Waals surface area contributed by atoms with Crippen molar-refractivity contribution < 1.29 is 9.53 Å². The molecular formula is C22H27ClN4O2. The molecule has 29 heavy (non-hydrogen) atoms. The number of hydrogen-bond donors (Lipinski definition) is 1. The number of benzene rings is 1. The molecule has 1 amide bonds. The van der Waals surface area contributed by atoms with E-state index in [2.05, 4.69) is 15.3 Å². The zero-order valence-corrected chi connectivity index (χ0v) is 18.0. The average Bonchev–Trinajstić information content (AvgIpc) is 2.70. The number of fused-ring (bicyclic) bond motifs is 1. The molecule has 0 saturated carbocycles. The third-order valence-electron chi connectivity index (χ3n) is 4.60. The van der Waals surface area contributed by atoms with Crippen LogP contribution in [0.25, 0.3) is 11.0 Å². The van der Waals surface area contributed by atoms with Crippen molar-refractivity contribution in [2.75, 3.05) is 25.0 Å². The molecule has 0 aliphatic heterocycles. The first-order valence-corrected chi connectivity index (χ1v) is 9.63. The maximum atomic E-state index is 13.1. The van der Waals surface area contributed by atoms with E-state index in [0.29, 0.717) is 36.6 Å². The predicted octanol–water partition coefficient (Wildman–Crippen LogP) is 4.98. The molecule has 0 aliphatic carbocycles. The Morgan fingerprint density at radius 2 is 1.83 bits per heavy atom. The van der Waals surface area contributed by atoms with Crippen LogP contribution in [-0.4, -0.2) is 40.5 Å². The van der Waals surface area contributed by atoms with Gasteiger partial charge in [0.2, 0.25) is 0 Å². The van der Waals surface area contributed by atoms with Gasteiger partial charge in [-0.2, -0.15) is 0 Å². The van der Waals surface area contributed by atoms with Gasteiger partial charge >= 0.3 is 0 Å². The molecule has 0 unspecified atom stereocenters. The number of nitrogens with zero attached hydrogens (tertiary/aromatic N) is 3. The van der Waals surface area contributed by atoms with Gasteiger partial charge in [-0.15, -0.1) is 12.4 Å². The number of carbonyl (C=O) groups is 1. The fourth-order valence-electron chi connectivity index (χ4n) is 3.14. The van der Waals surface area contributed by atoms with Gasteiger partial charge in [0.25, 0.3) is 5.91 Å². The van der Waals surface area contributed by atoms with Crippen molar-refractivity contribution in [2.24, 2.45) is 0 Å². The van der Waals surface area contributed by atoms with E-state index in [1.165, 1.54) is 0 Å². The Balaban J connectivity index is 0.00000300. The third kappa shape index (κ3) is 4.77. The summed E-state index contributed by atoms with van der Waals surface area (Å²) in [6.07, 6.45) is 1.61. The van der Waals surface area contributed by atoms with Crippen molar-refractivity contribution in [3.63, 3.8) is 0 Å². The lowest BCUT2D eigenvalue weighted by Crippen LogP contribution is -2.31. The average molecular weight is 415 g/mol. The molecule has 2 aromatic heterocycles. The molecule has 2 heterocycles. The van der Waals surface area contributed by atoms with E-state index >= 15 is 0 Å². The number of anilines is 2. The Bertz CT molecular complexity index is 990. The number of halogens is 1. The second kappa shape index (κ2) is 10.1. The molecule has 0 spiro atoms. The summed E-state index contributed by atoms with van der Waals surface area (Å²) in [5.74, 6) is 0.674. The van der Waals surface area contributed by atoms with Gasteiger partial charge in [-0.25, -0.2) is 9.97 Å². The molecule has 154 valence electrons. The Labute approximate surface area is 177 Å². The Hall–Kier alpha value is -2.86. The van der Waals surface area contributed by atoms with E-state index in [9.17, 15) is 4.79 Å². The van der Waals surface area contributed by atoms with Crippen LogP contribution in [0, 0.1) is 6.92 Å². The van der Waals surface area contributed by atoms with Gasteiger partial charge in [-0.3, -0.25) is 4.79 Å². The van der Waals surface area contributed by atoms with Crippen LogP contribution in [0.4, 0.5) is 11.4 Å². The fraction of sp³-hybridized carbons (Fsp3) is 0.318. The molecule has 0 saturated heterocycles. The normalized spacial score (nSPS) is 10.3. The molecule has 0 radical (unpaired) electrons. The molecule has 6 nitrogen and oxygen atoms in total. The maximum absolute atomic E-state index is 13.1. The smallest absolute Gasteiger partial charge is 0.257 e. The zero-order chi connectivity index (χ0) is 20.1. The largest absolute Gasteiger partial charge is 0.492 e. The first-order valence-electron chi connectivity index (χ1n) is 9.63. The number of rotatable bonds is 7. The monoisotopic (exact) mass is 414 g/mol. The van der Waals surface area contributed by atoms with Crippen LogP contribution in [0.5, 0.6) is 5.75 Å². The molecule has 0 fully saturated rings. The van der Waals surface area contributed by atoms with Gasteiger partial charge in [0.05, 0.1) is 23.5 Å². The molecule has 0 aliphatic rings. The summed E-state index contributed by atoms with van der Waals surface area (Å²) in [7, 11) is 0. The maximum Gasteiger partial charge on any atom is 0.257 e. The standard InChI is InChI=1S/C22H26N4O2.ClH/c1-5-26(6-2)22(27)17-14-23-21-16(13-12-15(4)24-21)20(17)25-18-10-8-9-11-19(18)28-7-3;/h8-14H,5-7H2,1-4H3,(H,23,24,25);1H. The van der Waals surface area contributed by atoms with Crippen molar-refractivity contribution in [3.05, 3.63) is 53.9 Å². The van der Waals surface area contributed by atoms with Crippen LogP contribution in [0.1, 0.15) is 36.8 Å². The summed E-state index contributed by atoms with van der Waals surface area (Å²) in [5, 5.41) is 4.22. The molecule has 3 rings (SSSR count). The number of para-hydroxylation sites is 2. The second-order valence-electron chi connectivity index (χ2n) is 6.40. The lowest BCUT2D eigenvalue weighted by atomic mass is 10.1. The number of aryl methyl sites for hydroxylation is 1. The van der Waals surface area contributed by atoms with E-state index < -0.39 is 0 Å². The minimum Gasteiger partial charge on any atom is -0.492 e. The highest BCUT2D eigenvalue weighted by atomic mass is 35.5. The molecule has 1 aromatic carbocycles. The zero-order valence-electron chi connectivity index (χ0n) is 17.2. The molecular weight excluding hydrogens is 388 g/mol. The Morgan fingerprint density at radius 1 is 1.10 bits per heavy atom. The number of ether oxygens (including phenoxy) is 1. The number of aromatic nitrogens is 2. The number of nitrogens with one attached hydrogen (secondary N) is 1. The van der Waals surface area contributed by atoms with Gasteiger partial charge in [-0.05, 0) is 52.0 Å². The highest BCUT2D eigenvalue weighted by molar-refractivity contribution is 6.07. The number of amides is 1. The predicted molar refractivity (Wildman–Crippen MR) is 120 cm³/mol. The van der Waals surface area contributed by atoms with E-state index in [-0.39, 0.29) is 18.3 Å². The summed E-state index contributed by atoms with van der Waals surface area (Å²) >= 11 is 0. The highest BCUT2D eigenvalue weighted by Crippen LogP contribution is 2.33. The van der Waals surface area contributed by atoms with Gasteiger partial charge < -0.3 is 15.0 Å². The van der Waals surface area contributed by atoms with E-state index in [0.717, 1.165) is 22.5 Å². The fourth-order valence-corrected chi connectivity index (χ4v) is 3.14. The third-order valence-corrected chi connectivity index (χ3v) is 4.60. The van der Waals surface area contributed by atoms with Gasteiger partial charge in [0.1, 0.15) is 5.75 Å². The van der Waals surface area contributed by atoms with Gasteiger partial charge in [0, 0.05) is 30.4 Å². The molecule has 1 N–H and O–H groups in total. The van der Waals surface area contributed by atoms with Crippen LogP contribution in [0.2, 0.25) is 0 Å². The Morgan fingerprint density at radius 3 is 2.52 bits per heavy atom. The molecule has 3 aromatic rings. The van der Waals surface area contributed by atoms with Crippen molar-refractivity contribution in [1.82, 2.24) is 14.9 Å².